The number of hydrogen-bond donors (Lipinski definition) is 0. The van der Waals surface area contributed by atoms with Gasteiger partial charge in [0.05, 0.1) is 22.2 Å². The van der Waals surface area contributed by atoms with E-state index in [1.54, 1.807) is 0 Å². The molecule has 45 heavy (non-hydrogen) atoms. The van der Waals surface area contributed by atoms with E-state index in [2.05, 4.69) is 161 Å². The zero-order valence-corrected chi connectivity index (χ0v) is 24.9. The van der Waals surface area contributed by atoms with Crippen molar-refractivity contribution in [1.82, 2.24) is 9.13 Å². The average Bonchev–Trinajstić information content (AvgIpc) is 3.46. The molecular weight excluding hydrogens is 544 g/mol. The molecule has 0 spiro atoms. The fourth-order valence-electron chi connectivity index (χ4n) is 7.38. The molecule has 0 unspecified atom stereocenters. The van der Waals surface area contributed by atoms with Gasteiger partial charge >= 0.3 is 0 Å². The Balaban J connectivity index is 1.34. The molecule has 7 aromatic rings. The smallest absolute Gasteiger partial charge is 0.0612 e. The van der Waals surface area contributed by atoms with Crippen molar-refractivity contribution in [3.05, 3.63) is 156 Å². The largest absolute Gasteiger partial charge is 0.312 e. The van der Waals surface area contributed by atoms with Crippen molar-refractivity contribution >= 4 is 44.4 Å². The van der Waals surface area contributed by atoms with E-state index in [4.69, 9.17) is 0 Å². The number of allylic oxidation sites excluding steroid dienone is 5. The zero-order chi connectivity index (χ0) is 29.7. The first-order valence-corrected chi connectivity index (χ1v) is 15.7. The second kappa shape index (κ2) is 10.4. The Hall–Kier alpha value is -5.78. The van der Waals surface area contributed by atoms with Crippen molar-refractivity contribution < 1.29 is 0 Å². The minimum absolute atomic E-state index is 0.714. The standard InChI is InChI=1S/C43H30N2/c1-2-4-16-30(15-3-1)33-23-14-24-34(43(33)45-41-27-11-7-21-37(41)38-22-8-12-28-42(38)45)31-17-13-18-32(29-31)44-39-25-9-5-19-35(39)36-20-6-10-26-40(36)44/h1,3,5-11,13-15,17-27,29H,12,16,28H2. The van der Waals surface area contributed by atoms with Crippen LogP contribution in [0, 0.1) is 11.8 Å². The maximum absolute atomic E-state index is 3.36. The Morgan fingerprint density at radius 2 is 1.31 bits per heavy atom. The van der Waals surface area contributed by atoms with Crippen molar-refractivity contribution in [2.75, 3.05) is 0 Å². The molecule has 0 amide bonds. The van der Waals surface area contributed by atoms with Gasteiger partial charge in [0.15, 0.2) is 0 Å². The van der Waals surface area contributed by atoms with Crippen molar-refractivity contribution in [3.63, 3.8) is 0 Å². The summed E-state index contributed by atoms with van der Waals surface area (Å²) in [5.74, 6) is 6.54. The molecule has 0 N–H and O–H groups in total. The molecule has 212 valence electrons. The fourth-order valence-corrected chi connectivity index (χ4v) is 7.38. The van der Waals surface area contributed by atoms with Gasteiger partial charge < -0.3 is 9.13 Å². The highest BCUT2D eigenvalue weighted by atomic mass is 15.0. The molecule has 5 aromatic carbocycles. The maximum atomic E-state index is 3.36. The predicted molar refractivity (Wildman–Crippen MR) is 190 cm³/mol. The molecule has 2 aliphatic rings. The van der Waals surface area contributed by atoms with Crippen LogP contribution in [0.2, 0.25) is 0 Å². The Morgan fingerprint density at radius 1 is 0.622 bits per heavy atom. The van der Waals surface area contributed by atoms with Gasteiger partial charge in [-0.25, -0.2) is 0 Å². The lowest BCUT2D eigenvalue weighted by molar-refractivity contribution is 0.887. The van der Waals surface area contributed by atoms with E-state index in [1.807, 2.05) is 6.08 Å². The lowest BCUT2D eigenvalue weighted by Gasteiger charge is -2.22. The summed E-state index contributed by atoms with van der Waals surface area (Å²) in [7, 11) is 0. The van der Waals surface area contributed by atoms with E-state index in [0.29, 0.717) is 6.42 Å². The van der Waals surface area contributed by atoms with Crippen LogP contribution in [-0.2, 0) is 6.42 Å². The van der Waals surface area contributed by atoms with E-state index >= 15 is 0 Å². The molecule has 0 saturated carbocycles. The van der Waals surface area contributed by atoms with E-state index in [-0.39, 0.29) is 0 Å². The van der Waals surface area contributed by atoms with Gasteiger partial charge in [0.2, 0.25) is 0 Å². The minimum atomic E-state index is 0.714. The molecule has 2 heteroatoms. The van der Waals surface area contributed by atoms with Gasteiger partial charge in [0.25, 0.3) is 0 Å². The van der Waals surface area contributed by atoms with Gasteiger partial charge in [-0.3, -0.25) is 0 Å². The summed E-state index contributed by atoms with van der Waals surface area (Å²) in [6, 6.07) is 42.2. The summed E-state index contributed by atoms with van der Waals surface area (Å²) in [4.78, 5) is 0. The van der Waals surface area contributed by atoms with Crippen LogP contribution < -0.4 is 0 Å². The number of aromatic nitrogens is 2. The molecule has 2 aromatic heterocycles. The summed E-state index contributed by atoms with van der Waals surface area (Å²) in [6.45, 7) is 0. The SMILES string of the molecule is C1#CCC(c2cccc(-c3cccc(-n4c5ccccc5c5ccccc54)c3)c2-n2c3c(c4ccccc42)C=CCC3)=CC=C1. The first-order valence-electron chi connectivity index (χ1n) is 15.7. The molecule has 0 saturated heterocycles. The van der Waals surface area contributed by atoms with Crippen LogP contribution in [0.4, 0.5) is 0 Å². The van der Waals surface area contributed by atoms with Crippen molar-refractivity contribution in [2.45, 2.75) is 19.3 Å². The van der Waals surface area contributed by atoms with Gasteiger partial charge in [-0.05, 0) is 60.4 Å². The first-order chi connectivity index (χ1) is 22.4. The number of fused-ring (bicyclic) bond motifs is 6. The molecule has 2 aliphatic carbocycles. The zero-order valence-electron chi connectivity index (χ0n) is 24.9. The van der Waals surface area contributed by atoms with E-state index < -0.39 is 0 Å². The molecule has 0 fully saturated rings. The third kappa shape index (κ3) is 4.05. The van der Waals surface area contributed by atoms with Crippen LogP contribution in [0.3, 0.4) is 0 Å². The number of para-hydroxylation sites is 4. The first kappa shape index (κ1) is 25.7. The second-order valence-electron chi connectivity index (χ2n) is 11.8. The van der Waals surface area contributed by atoms with E-state index in [1.165, 1.54) is 71.9 Å². The van der Waals surface area contributed by atoms with Gasteiger partial charge in [-0.15, -0.1) is 0 Å². The molecule has 0 bridgehead atoms. The van der Waals surface area contributed by atoms with Crippen LogP contribution in [-0.4, -0.2) is 9.13 Å². The Kier molecular flexibility index (Phi) is 5.96. The Morgan fingerprint density at radius 3 is 2.11 bits per heavy atom. The van der Waals surface area contributed by atoms with Gasteiger partial charge in [-0.2, -0.15) is 0 Å². The molecule has 0 atom stereocenters. The highest BCUT2D eigenvalue weighted by molar-refractivity contribution is 6.09. The molecule has 2 heterocycles. The van der Waals surface area contributed by atoms with Crippen LogP contribution in [0.1, 0.15) is 29.7 Å². The van der Waals surface area contributed by atoms with Crippen LogP contribution in [0.25, 0.3) is 66.9 Å². The van der Waals surface area contributed by atoms with Crippen molar-refractivity contribution in [1.29, 1.82) is 0 Å². The number of benzene rings is 5. The van der Waals surface area contributed by atoms with Crippen LogP contribution >= 0.6 is 0 Å². The highest BCUT2D eigenvalue weighted by Gasteiger charge is 2.24. The molecular formula is C43H30N2. The summed E-state index contributed by atoms with van der Waals surface area (Å²) in [5, 5.41) is 3.85. The third-order valence-electron chi connectivity index (χ3n) is 9.31. The topological polar surface area (TPSA) is 9.86 Å². The molecule has 2 nitrogen and oxygen atoms in total. The summed E-state index contributed by atoms with van der Waals surface area (Å²) in [5.41, 5.74) is 13.7. The third-order valence-corrected chi connectivity index (χ3v) is 9.31. The van der Waals surface area contributed by atoms with Crippen molar-refractivity contribution in [2.24, 2.45) is 0 Å². The molecule has 9 rings (SSSR count). The van der Waals surface area contributed by atoms with E-state index in [9.17, 15) is 0 Å². The van der Waals surface area contributed by atoms with Gasteiger partial charge in [0.1, 0.15) is 0 Å². The average molecular weight is 575 g/mol. The van der Waals surface area contributed by atoms with Crippen LogP contribution in [0.5, 0.6) is 0 Å². The quantitative estimate of drug-likeness (QED) is 0.185. The normalized spacial score (nSPS) is 13.9. The lowest BCUT2D eigenvalue weighted by atomic mass is 9.93. The number of rotatable bonds is 4. The molecule has 0 aliphatic heterocycles. The fraction of sp³-hybridized carbons (Fsp3) is 0.0698. The highest BCUT2D eigenvalue weighted by Crippen LogP contribution is 2.42. The lowest BCUT2D eigenvalue weighted by Crippen LogP contribution is -2.08. The summed E-state index contributed by atoms with van der Waals surface area (Å²) < 4.78 is 4.96. The Labute approximate surface area is 262 Å². The summed E-state index contributed by atoms with van der Waals surface area (Å²) >= 11 is 0. The molecule has 0 radical (unpaired) electrons. The van der Waals surface area contributed by atoms with E-state index in [0.717, 1.165) is 18.5 Å². The predicted octanol–water partition coefficient (Wildman–Crippen LogP) is 10.7. The second-order valence-corrected chi connectivity index (χ2v) is 11.8. The number of hydrogen-bond acceptors (Lipinski definition) is 0. The van der Waals surface area contributed by atoms with Gasteiger partial charge in [0, 0.05) is 50.7 Å². The maximum Gasteiger partial charge on any atom is 0.0612 e. The van der Waals surface area contributed by atoms with Crippen molar-refractivity contribution in [3.8, 4) is 34.3 Å². The van der Waals surface area contributed by atoms with Gasteiger partial charge in [-0.1, -0.05) is 121 Å². The monoisotopic (exact) mass is 574 g/mol. The Bertz CT molecular complexity index is 2410. The summed E-state index contributed by atoms with van der Waals surface area (Å²) in [6.07, 6.45) is 13.7. The van der Waals surface area contributed by atoms with Crippen LogP contribution in [0.15, 0.2) is 140 Å². The number of nitrogens with zero attached hydrogens (tertiary/aromatic N) is 2. The minimum Gasteiger partial charge on any atom is -0.312 e.